The number of ether oxygens (including phenoxy) is 2. The molecule has 0 aliphatic rings. The summed E-state index contributed by atoms with van der Waals surface area (Å²) in [7, 11) is 1.33. The summed E-state index contributed by atoms with van der Waals surface area (Å²) in [4.78, 5) is 25.0. The van der Waals surface area contributed by atoms with Gasteiger partial charge in [-0.1, -0.05) is 152 Å². The molecule has 0 spiro atoms. The highest BCUT2D eigenvalue weighted by atomic mass is 31.2. The van der Waals surface area contributed by atoms with Gasteiger partial charge in [0.1, 0.15) is 19.3 Å². The molecule has 0 fully saturated rings. The summed E-state index contributed by atoms with van der Waals surface area (Å²) < 4.78 is 34.5. The molecule has 0 aromatic rings. The molecule has 8 nitrogen and oxygen atoms in total. The predicted octanol–water partition coefficient (Wildman–Crippen LogP) is 11.4. The fourth-order valence-electron chi connectivity index (χ4n) is 5.42. The second-order valence-corrected chi connectivity index (χ2v) is 16.4. The van der Waals surface area contributed by atoms with Crippen molar-refractivity contribution < 1.29 is 37.3 Å². The molecule has 0 saturated heterocycles. The molecule has 0 aliphatic heterocycles. The number of unbranched alkanes of at least 4 members (excludes halogenated alkanes) is 16. The van der Waals surface area contributed by atoms with Gasteiger partial charge in [0, 0.05) is 13.0 Å². The molecule has 52 heavy (non-hydrogen) atoms. The number of rotatable bonds is 38. The van der Waals surface area contributed by atoms with E-state index in [1.807, 2.05) is 21.1 Å². The topological polar surface area (TPSA) is 94.1 Å². The molecule has 0 aliphatic carbocycles. The van der Waals surface area contributed by atoms with Crippen molar-refractivity contribution in [2.45, 2.75) is 168 Å². The Hall–Kier alpha value is -1.54. The van der Waals surface area contributed by atoms with Crippen LogP contribution in [-0.4, -0.2) is 70.7 Å². The van der Waals surface area contributed by atoms with Crippen molar-refractivity contribution >= 4 is 13.8 Å². The number of carbonyl (C=O) groups is 1. The number of phosphoric ester groups is 1. The first-order chi connectivity index (χ1) is 25.1. The van der Waals surface area contributed by atoms with E-state index in [2.05, 4.69) is 62.5 Å². The molecule has 0 N–H and O–H groups in total. The Balaban J connectivity index is 4.33. The molecule has 9 heteroatoms. The molecule has 0 amide bonds. The number of phosphoric acid groups is 1. The van der Waals surface area contributed by atoms with Crippen molar-refractivity contribution in [3.63, 3.8) is 0 Å². The van der Waals surface area contributed by atoms with E-state index in [4.69, 9.17) is 18.5 Å². The maximum atomic E-state index is 12.6. The Labute approximate surface area is 320 Å². The molecular formula is C43H80NO7P. The van der Waals surface area contributed by atoms with Crippen molar-refractivity contribution in [1.82, 2.24) is 0 Å². The van der Waals surface area contributed by atoms with Crippen LogP contribution >= 0.6 is 7.82 Å². The van der Waals surface area contributed by atoms with Crippen LogP contribution in [0.2, 0.25) is 0 Å². The zero-order chi connectivity index (χ0) is 38.4. The molecular weight excluding hydrogens is 673 g/mol. The van der Waals surface area contributed by atoms with Gasteiger partial charge >= 0.3 is 5.97 Å². The van der Waals surface area contributed by atoms with Gasteiger partial charge in [0.05, 0.1) is 34.4 Å². The number of esters is 1. The Morgan fingerprint density at radius 2 is 1.12 bits per heavy atom. The maximum absolute atomic E-state index is 12.6. The molecule has 0 heterocycles. The quantitative estimate of drug-likeness (QED) is 0.0204. The summed E-state index contributed by atoms with van der Waals surface area (Å²) in [5, 5.41) is 0. The molecule has 0 radical (unpaired) electrons. The average molecular weight is 754 g/mol. The first-order valence-electron chi connectivity index (χ1n) is 20.9. The van der Waals surface area contributed by atoms with E-state index in [9.17, 15) is 14.3 Å². The fourth-order valence-corrected chi connectivity index (χ4v) is 6.15. The summed E-state index contributed by atoms with van der Waals surface area (Å²) in [6, 6.07) is 0. The number of quaternary nitrogens is 1. The molecule has 2 atom stereocenters. The minimum absolute atomic E-state index is 0.0176. The Morgan fingerprint density at radius 1 is 0.615 bits per heavy atom. The molecule has 304 valence electrons. The first-order valence-corrected chi connectivity index (χ1v) is 22.3. The molecule has 0 aromatic carbocycles. The lowest BCUT2D eigenvalue weighted by molar-refractivity contribution is -0.870. The van der Waals surface area contributed by atoms with Gasteiger partial charge in [0.15, 0.2) is 0 Å². The maximum Gasteiger partial charge on any atom is 0.306 e. The number of hydrogen-bond acceptors (Lipinski definition) is 7. The van der Waals surface area contributed by atoms with E-state index in [0.717, 1.165) is 51.4 Å². The number of allylic oxidation sites excluding steroid dienone is 8. The van der Waals surface area contributed by atoms with Crippen molar-refractivity contribution in [2.24, 2.45) is 0 Å². The minimum atomic E-state index is -4.53. The van der Waals surface area contributed by atoms with E-state index in [0.29, 0.717) is 24.1 Å². The van der Waals surface area contributed by atoms with E-state index < -0.39 is 13.9 Å². The van der Waals surface area contributed by atoms with Crippen molar-refractivity contribution in [2.75, 3.05) is 54.1 Å². The third-order valence-electron chi connectivity index (χ3n) is 8.64. The predicted molar refractivity (Wildman–Crippen MR) is 217 cm³/mol. The monoisotopic (exact) mass is 754 g/mol. The van der Waals surface area contributed by atoms with E-state index in [-0.39, 0.29) is 32.2 Å². The van der Waals surface area contributed by atoms with Crippen LogP contribution in [0, 0.1) is 0 Å². The minimum Gasteiger partial charge on any atom is -0.756 e. The van der Waals surface area contributed by atoms with Crippen LogP contribution in [-0.2, 0) is 27.9 Å². The van der Waals surface area contributed by atoms with E-state index in [1.165, 1.54) is 83.5 Å². The van der Waals surface area contributed by atoms with Gasteiger partial charge in [-0.2, -0.15) is 0 Å². The Kier molecular flexibility index (Phi) is 35.4. The molecule has 0 aromatic heterocycles. The van der Waals surface area contributed by atoms with Crippen molar-refractivity contribution in [3.05, 3.63) is 48.6 Å². The van der Waals surface area contributed by atoms with Crippen LogP contribution in [0.1, 0.15) is 162 Å². The molecule has 0 rings (SSSR count). The second kappa shape index (κ2) is 36.4. The van der Waals surface area contributed by atoms with Gasteiger partial charge in [0.2, 0.25) is 0 Å². The van der Waals surface area contributed by atoms with Gasteiger partial charge in [0.25, 0.3) is 7.82 Å². The van der Waals surface area contributed by atoms with Gasteiger partial charge in [-0.3, -0.25) is 9.36 Å². The number of likely N-dealkylation sites (N-methyl/N-ethyl adjacent to an activating group) is 1. The van der Waals surface area contributed by atoms with Crippen LogP contribution in [0.5, 0.6) is 0 Å². The Bertz CT molecular complexity index is 973. The number of nitrogens with zero attached hydrogens (tertiary/aromatic N) is 1. The fraction of sp³-hybridized carbons (Fsp3) is 0.791. The lowest BCUT2D eigenvalue weighted by atomic mass is 10.0. The van der Waals surface area contributed by atoms with Crippen LogP contribution in [0.15, 0.2) is 48.6 Å². The normalized spacial score (nSPS) is 14.3. The van der Waals surface area contributed by atoms with Crippen LogP contribution in [0.3, 0.4) is 0 Å². The lowest BCUT2D eigenvalue weighted by Crippen LogP contribution is -2.37. The van der Waals surface area contributed by atoms with Crippen LogP contribution < -0.4 is 4.89 Å². The average Bonchev–Trinajstić information content (AvgIpc) is 3.09. The van der Waals surface area contributed by atoms with Gasteiger partial charge < -0.3 is 27.9 Å². The van der Waals surface area contributed by atoms with Crippen LogP contribution in [0.25, 0.3) is 0 Å². The van der Waals surface area contributed by atoms with Gasteiger partial charge in [-0.15, -0.1) is 0 Å². The summed E-state index contributed by atoms with van der Waals surface area (Å²) >= 11 is 0. The highest BCUT2D eigenvalue weighted by Crippen LogP contribution is 2.38. The van der Waals surface area contributed by atoms with Gasteiger partial charge in [-0.05, 0) is 51.4 Å². The summed E-state index contributed by atoms with van der Waals surface area (Å²) in [6.45, 7) is 5.24. The van der Waals surface area contributed by atoms with Crippen LogP contribution in [0.4, 0.5) is 0 Å². The third kappa shape index (κ3) is 39.7. The lowest BCUT2D eigenvalue weighted by Gasteiger charge is -2.28. The van der Waals surface area contributed by atoms with Crippen molar-refractivity contribution in [3.8, 4) is 0 Å². The van der Waals surface area contributed by atoms with E-state index >= 15 is 0 Å². The SMILES string of the molecule is CC/C=C\C/C=C\C/C=C\C/C=C\CCCCC(=O)OC(COCCCCCCCCCCCCCCCCC)COP(=O)([O-])OCC[N+](C)(C)C. The standard InChI is InChI=1S/C43H80NO7P/c1-6-8-10-12-14-16-18-20-22-24-26-28-30-32-34-36-43(45)51-42(41-50-52(46,47)49-39-37-44(3,4)5)40-48-38-35-33-31-29-27-25-23-21-19-17-15-13-11-9-7-2/h8,10,14,16,20,22,26,28,42H,6-7,9,11-13,15,17-19,21,23-25,27,29-41H2,1-5H3/b10-8-,16-14-,22-20-,28-26-. The first kappa shape index (κ1) is 50.5. The zero-order valence-electron chi connectivity index (χ0n) is 34.2. The van der Waals surface area contributed by atoms with Gasteiger partial charge in [-0.25, -0.2) is 0 Å². The largest absolute Gasteiger partial charge is 0.756 e. The smallest absolute Gasteiger partial charge is 0.306 e. The third-order valence-corrected chi connectivity index (χ3v) is 9.61. The van der Waals surface area contributed by atoms with E-state index in [1.54, 1.807) is 0 Å². The number of hydrogen-bond donors (Lipinski definition) is 0. The highest BCUT2D eigenvalue weighted by molar-refractivity contribution is 7.45. The summed E-state index contributed by atoms with van der Waals surface area (Å²) in [5.74, 6) is -0.374. The van der Waals surface area contributed by atoms with Crippen molar-refractivity contribution in [1.29, 1.82) is 0 Å². The molecule has 0 bridgehead atoms. The molecule has 0 saturated carbocycles. The summed E-state index contributed by atoms with van der Waals surface area (Å²) in [6.07, 6.45) is 42.7. The zero-order valence-corrected chi connectivity index (χ0v) is 35.1. The summed E-state index contributed by atoms with van der Waals surface area (Å²) in [5.41, 5.74) is 0. The Morgan fingerprint density at radius 3 is 1.63 bits per heavy atom. The molecule has 2 unspecified atom stereocenters. The second-order valence-electron chi connectivity index (χ2n) is 15.0. The highest BCUT2D eigenvalue weighted by Gasteiger charge is 2.20. The number of carbonyl (C=O) groups excluding carboxylic acids is 1.